The summed E-state index contributed by atoms with van der Waals surface area (Å²) in [4.78, 5) is 22.6. The van der Waals surface area contributed by atoms with E-state index in [0.29, 0.717) is 5.57 Å². The first kappa shape index (κ1) is 9.86. The Balaban J connectivity index is 3.08. The molecule has 1 N–H and O–H groups in total. The molecule has 3 nitrogen and oxygen atoms in total. The van der Waals surface area contributed by atoms with E-state index in [1.807, 2.05) is 0 Å². The molecule has 3 heteroatoms. The molecule has 1 aliphatic rings. The standard InChI is InChI=1S/C10H12O3/c1-10(2)7(8(12)6-11)4-3-5-9(10)13/h3-5,11H,6H2,1-2H3. The molecule has 0 bridgehead atoms. The van der Waals surface area contributed by atoms with Crippen LogP contribution >= 0.6 is 0 Å². The molecule has 1 aliphatic carbocycles. The van der Waals surface area contributed by atoms with Gasteiger partial charge in [-0.25, -0.2) is 0 Å². The molecule has 0 aliphatic heterocycles. The lowest BCUT2D eigenvalue weighted by Gasteiger charge is -2.25. The lowest BCUT2D eigenvalue weighted by Crippen LogP contribution is -2.32. The first-order valence-electron chi connectivity index (χ1n) is 4.07. The summed E-state index contributed by atoms with van der Waals surface area (Å²) in [6.07, 6.45) is 4.56. The Bertz CT molecular complexity index is 308. The zero-order chi connectivity index (χ0) is 10.1. The summed E-state index contributed by atoms with van der Waals surface area (Å²) in [5.74, 6) is -0.491. The van der Waals surface area contributed by atoms with Gasteiger partial charge in [0.15, 0.2) is 11.6 Å². The number of ketones is 2. The molecule has 0 saturated heterocycles. The van der Waals surface area contributed by atoms with Crippen molar-refractivity contribution in [3.8, 4) is 0 Å². The fourth-order valence-corrected chi connectivity index (χ4v) is 1.31. The summed E-state index contributed by atoms with van der Waals surface area (Å²) in [5, 5.41) is 8.68. The number of allylic oxidation sites excluding steroid dienone is 3. The SMILES string of the molecule is CC1(C)C(=O)C=CC=C1C(=O)CO. The highest BCUT2D eigenvalue weighted by Gasteiger charge is 2.34. The second kappa shape index (κ2) is 3.26. The monoisotopic (exact) mass is 180 g/mol. The number of rotatable bonds is 2. The number of carbonyl (C=O) groups excluding carboxylic acids is 2. The van der Waals surface area contributed by atoms with Crippen LogP contribution in [0.1, 0.15) is 13.8 Å². The van der Waals surface area contributed by atoms with E-state index in [4.69, 9.17) is 5.11 Å². The molecule has 13 heavy (non-hydrogen) atoms. The predicted molar refractivity (Wildman–Crippen MR) is 48.1 cm³/mol. The van der Waals surface area contributed by atoms with Crippen molar-refractivity contribution in [1.29, 1.82) is 0 Å². The van der Waals surface area contributed by atoms with E-state index in [-0.39, 0.29) is 11.6 Å². The Morgan fingerprint density at radius 1 is 1.54 bits per heavy atom. The van der Waals surface area contributed by atoms with Crippen molar-refractivity contribution in [3.63, 3.8) is 0 Å². The van der Waals surface area contributed by atoms with Gasteiger partial charge in [0.05, 0.1) is 5.41 Å². The Hall–Kier alpha value is -1.22. The Kier molecular flexibility index (Phi) is 2.48. The van der Waals surface area contributed by atoms with Crippen LogP contribution in [0.4, 0.5) is 0 Å². The molecule has 0 aromatic rings. The maximum Gasteiger partial charge on any atom is 0.185 e. The van der Waals surface area contributed by atoms with Gasteiger partial charge in [0.25, 0.3) is 0 Å². The number of Topliss-reactive ketones (excluding diaryl/α,β-unsaturated/α-hetero) is 1. The number of aliphatic hydroxyl groups is 1. The van der Waals surface area contributed by atoms with Gasteiger partial charge in [-0.15, -0.1) is 0 Å². The highest BCUT2D eigenvalue weighted by atomic mass is 16.3. The van der Waals surface area contributed by atoms with Gasteiger partial charge >= 0.3 is 0 Å². The molecule has 0 heterocycles. The third-order valence-electron chi connectivity index (χ3n) is 2.24. The molecule has 0 saturated carbocycles. The van der Waals surface area contributed by atoms with Crippen molar-refractivity contribution < 1.29 is 14.7 Å². The van der Waals surface area contributed by atoms with Crippen LogP contribution < -0.4 is 0 Å². The topological polar surface area (TPSA) is 54.4 Å². The second-order valence-corrected chi connectivity index (χ2v) is 3.51. The van der Waals surface area contributed by atoms with Gasteiger partial charge < -0.3 is 5.11 Å². The smallest absolute Gasteiger partial charge is 0.185 e. The van der Waals surface area contributed by atoms with Gasteiger partial charge in [-0.1, -0.05) is 12.2 Å². The lowest BCUT2D eigenvalue weighted by molar-refractivity contribution is -0.125. The second-order valence-electron chi connectivity index (χ2n) is 3.51. The van der Waals surface area contributed by atoms with Crippen LogP contribution in [-0.4, -0.2) is 23.3 Å². The summed E-state index contributed by atoms with van der Waals surface area (Å²) < 4.78 is 0. The van der Waals surface area contributed by atoms with Gasteiger partial charge in [0, 0.05) is 5.57 Å². The normalized spacial score (nSPS) is 19.9. The van der Waals surface area contributed by atoms with Gasteiger partial charge in [0.2, 0.25) is 0 Å². The highest BCUT2D eigenvalue weighted by molar-refractivity contribution is 6.09. The maximum absolute atomic E-state index is 11.4. The molecule has 0 fully saturated rings. The minimum absolute atomic E-state index is 0.105. The Morgan fingerprint density at radius 2 is 2.15 bits per heavy atom. The van der Waals surface area contributed by atoms with E-state index in [2.05, 4.69) is 0 Å². The maximum atomic E-state index is 11.4. The summed E-state index contributed by atoms with van der Waals surface area (Å²) in [7, 11) is 0. The first-order chi connectivity index (χ1) is 6.00. The van der Waals surface area contributed by atoms with Crippen molar-refractivity contribution >= 4 is 11.6 Å². The first-order valence-corrected chi connectivity index (χ1v) is 4.07. The average molecular weight is 180 g/mol. The molecule has 0 atom stereocenters. The predicted octanol–water partition coefficient (Wildman–Crippen LogP) is 0.639. The third kappa shape index (κ3) is 1.60. The fourth-order valence-electron chi connectivity index (χ4n) is 1.31. The summed E-state index contributed by atoms with van der Waals surface area (Å²) in [6, 6.07) is 0. The van der Waals surface area contributed by atoms with Crippen LogP contribution in [0.3, 0.4) is 0 Å². The molecule has 0 unspecified atom stereocenters. The molecule has 70 valence electrons. The highest BCUT2D eigenvalue weighted by Crippen LogP contribution is 2.31. The lowest BCUT2D eigenvalue weighted by atomic mass is 9.75. The number of hydrogen-bond acceptors (Lipinski definition) is 3. The van der Waals surface area contributed by atoms with E-state index in [1.165, 1.54) is 12.2 Å². The van der Waals surface area contributed by atoms with Crippen molar-refractivity contribution in [3.05, 3.63) is 23.8 Å². The van der Waals surface area contributed by atoms with Crippen LogP contribution in [0.2, 0.25) is 0 Å². The molecular formula is C10H12O3. The van der Waals surface area contributed by atoms with Crippen LogP contribution in [0.5, 0.6) is 0 Å². The Labute approximate surface area is 76.8 Å². The molecule has 0 amide bonds. The zero-order valence-corrected chi connectivity index (χ0v) is 7.70. The van der Waals surface area contributed by atoms with Crippen LogP contribution in [0.25, 0.3) is 0 Å². The minimum Gasteiger partial charge on any atom is -0.388 e. The molecule has 0 radical (unpaired) electrons. The molecule has 0 aromatic carbocycles. The van der Waals surface area contributed by atoms with Crippen LogP contribution in [-0.2, 0) is 9.59 Å². The van der Waals surface area contributed by atoms with Crippen molar-refractivity contribution in [2.45, 2.75) is 13.8 Å². The zero-order valence-electron chi connectivity index (χ0n) is 7.70. The quantitative estimate of drug-likeness (QED) is 0.678. The van der Waals surface area contributed by atoms with Crippen molar-refractivity contribution in [2.24, 2.45) is 5.41 Å². The van der Waals surface area contributed by atoms with E-state index >= 15 is 0 Å². The minimum atomic E-state index is -0.797. The largest absolute Gasteiger partial charge is 0.388 e. The molecule has 0 aromatic heterocycles. The number of hydrogen-bond donors (Lipinski definition) is 1. The molecular weight excluding hydrogens is 168 g/mol. The summed E-state index contributed by atoms with van der Waals surface area (Å²) in [5.41, 5.74) is -0.420. The third-order valence-corrected chi connectivity index (χ3v) is 2.24. The average Bonchev–Trinajstić information content (AvgIpc) is 2.08. The van der Waals surface area contributed by atoms with E-state index in [0.717, 1.165) is 0 Å². The van der Waals surface area contributed by atoms with Gasteiger partial charge in [-0.3, -0.25) is 9.59 Å². The fraction of sp³-hybridized carbons (Fsp3) is 0.400. The number of carbonyl (C=O) groups is 2. The van der Waals surface area contributed by atoms with Gasteiger partial charge in [-0.2, -0.15) is 0 Å². The molecule has 0 spiro atoms. The van der Waals surface area contributed by atoms with Crippen molar-refractivity contribution in [2.75, 3.05) is 6.61 Å². The van der Waals surface area contributed by atoms with E-state index in [9.17, 15) is 9.59 Å². The van der Waals surface area contributed by atoms with Gasteiger partial charge in [0.1, 0.15) is 6.61 Å². The van der Waals surface area contributed by atoms with E-state index < -0.39 is 12.0 Å². The van der Waals surface area contributed by atoms with Crippen molar-refractivity contribution in [1.82, 2.24) is 0 Å². The molecule has 1 rings (SSSR count). The van der Waals surface area contributed by atoms with Gasteiger partial charge in [-0.05, 0) is 19.9 Å². The number of aliphatic hydroxyl groups excluding tert-OH is 1. The summed E-state index contributed by atoms with van der Waals surface area (Å²) >= 11 is 0. The van der Waals surface area contributed by atoms with Crippen LogP contribution in [0.15, 0.2) is 23.8 Å². The van der Waals surface area contributed by atoms with E-state index in [1.54, 1.807) is 19.9 Å². The Morgan fingerprint density at radius 3 is 2.69 bits per heavy atom. The van der Waals surface area contributed by atoms with Crippen LogP contribution in [0, 0.1) is 5.41 Å². The summed E-state index contributed by atoms with van der Waals surface area (Å²) in [6.45, 7) is 2.81.